The lowest BCUT2D eigenvalue weighted by molar-refractivity contribution is -0.434. The fourth-order valence-corrected chi connectivity index (χ4v) is 7.21. The van der Waals surface area contributed by atoms with Crippen molar-refractivity contribution in [1.82, 2.24) is 20.6 Å². The maximum atomic E-state index is 12.8. The van der Waals surface area contributed by atoms with Gasteiger partial charge in [0.1, 0.15) is 6.10 Å². The number of hydrogen-bond donors (Lipinski definition) is 8. The van der Waals surface area contributed by atoms with Gasteiger partial charge in [0.15, 0.2) is 12.3 Å². The first kappa shape index (κ1) is 41.2. The van der Waals surface area contributed by atoms with Crippen molar-refractivity contribution in [3.8, 4) is 0 Å². The Hall–Kier alpha value is -4.54. The minimum atomic E-state index is -4.84. The average Bonchev–Trinajstić information content (AvgIpc) is 3.70. The number of carboxylic acid groups (broad SMARTS) is 2. The first-order chi connectivity index (χ1) is 24.8. The molecule has 2 aromatic heterocycles. The van der Waals surface area contributed by atoms with E-state index in [4.69, 9.17) is 14.0 Å². The molecular weight excluding hydrogens is 741 g/mol. The number of nitrogens with one attached hydrogen (secondary N) is 4. The third-order valence-corrected chi connectivity index (χ3v) is 10.0. The zero-order valence-electron chi connectivity index (χ0n) is 29.5. The second-order valence-electron chi connectivity index (χ2n) is 12.4. The summed E-state index contributed by atoms with van der Waals surface area (Å²) in [6, 6.07) is 0. The van der Waals surface area contributed by atoms with Crippen molar-refractivity contribution >= 4 is 58.6 Å². The highest BCUT2D eigenvalue weighted by Gasteiger charge is 2.32. The van der Waals surface area contributed by atoms with Gasteiger partial charge < -0.3 is 30.8 Å². The lowest BCUT2D eigenvalue weighted by Crippen LogP contribution is -2.25. The number of aromatic nitrogens is 2. The zero-order valence-corrected chi connectivity index (χ0v) is 31.2. The van der Waals surface area contributed by atoms with Crippen molar-refractivity contribution in [1.29, 1.82) is 0 Å². The Morgan fingerprint density at radius 2 is 1.30 bits per heavy atom. The normalized spacial score (nSPS) is 17.7. The number of amides is 2. The highest BCUT2D eigenvalue weighted by atomic mass is 32.3. The van der Waals surface area contributed by atoms with Crippen LogP contribution in [0.3, 0.4) is 0 Å². The monoisotopic (exact) mass is 780 g/mol. The van der Waals surface area contributed by atoms with E-state index < -0.39 is 40.5 Å². The van der Waals surface area contributed by atoms with Crippen LogP contribution < -0.4 is 10.6 Å². The van der Waals surface area contributed by atoms with Crippen molar-refractivity contribution in [2.24, 2.45) is 0 Å². The summed E-state index contributed by atoms with van der Waals surface area (Å²) < 4.78 is 46.1. The van der Waals surface area contributed by atoms with Crippen LogP contribution in [0.4, 0.5) is 0 Å². The molecule has 2 aliphatic rings. The topological polar surface area (TPSA) is 276 Å². The molecule has 2 aromatic rings. The van der Waals surface area contributed by atoms with Crippen LogP contribution in [-0.2, 0) is 66.6 Å². The van der Waals surface area contributed by atoms with Crippen molar-refractivity contribution in [3.05, 3.63) is 78.7 Å². The summed E-state index contributed by atoms with van der Waals surface area (Å²) in [5.74, 6) is -3.01. The Bertz CT molecular complexity index is 2060. The van der Waals surface area contributed by atoms with Gasteiger partial charge in [0.05, 0.1) is 11.7 Å². The van der Waals surface area contributed by atoms with Crippen LogP contribution in [0.15, 0.2) is 33.7 Å². The molecule has 2 amide bonds. The highest BCUT2D eigenvalue weighted by Crippen LogP contribution is 2.33. The molecule has 20 heteroatoms. The molecule has 53 heavy (non-hydrogen) atoms. The molecule has 0 radical (unpaired) electrons. The quantitative estimate of drug-likeness (QED) is 0.0352. The molecule has 0 aromatic carbocycles. The van der Waals surface area contributed by atoms with Gasteiger partial charge in [-0.3, -0.25) is 27.9 Å². The number of aliphatic carboxylic acids is 2. The molecule has 288 valence electrons. The smallest absolute Gasteiger partial charge is 0.397 e. The number of aromatic amines is 2. The number of rotatable bonds is 18. The molecule has 0 saturated carbocycles. The van der Waals surface area contributed by atoms with E-state index in [2.05, 4.69) is 34.2 Å². The number of carbonyl (C=O) groups excluding carboxylic acids is 2. The van der Waals surface area contributed by atoms with Gasteiger partial charge >= 0.3 is 22.3 Å². The molecule has 2 aliphatic heterocycles. The van der Waals surface area contributed by atoms with Gasteiger partial charge in [-0.05, 0) is 94.4 Å². The van der Waals surface area contributed by atoms with Gasteiger partial charge in [-0.1, -0.05) is 5.04 Å². The van der Waals surface area contributed by atoms with E-state index in [9.17, 15) is 37.8 Å². The van der Waals surface area contributed by atoms with E-state index in [1.807, 2.05) is 6.92 Å². The Kier molecular flexibility index (Phi) is 13.3. The van der Waals surface area contributed by atoms with Crippen molar-refractivity contribution < 1.29 is 65.4 Å². The van der Waals surface area contributed by atoms with Gasteiger partial charge in [-0.25, -0.2) is 9.44 Å². The maximum Gasteiger partial charge on any atom is 0.397 e. The molecule has 0 aliphatic carbocycles. The minimum Gasteiger partial charge on any atom is -0.481 e. The van der Waals surface area contributed by atoms with Gasteiger partial charge in [0.2, 0.25) is 0 Å². The fourth-order valence-electron chi connectivity index (χ4n) is 6.48. The van der Waals surface area contributed by atoms with Crippen LogP contribution in [0.5, 0.6) is 0 Å². The number of hydrogen-bond acceptors (Lipinski definition) is 12. The predicted octanol–water partition coefficient (Wildman–Crippen LogP) is 3.76. The SMILES string of the molecule is CC1=C([C@H](C)OS(=O)(=O)O)C(=O)NC1=Cc1[nH]c(Cc2[nH]c(C=C3NC(=O)C(C)=C3[C@@H](C)OSOOO)c(C)c2CCC(=O)O)c(CCC(=O)O)c1C. The Morgan fingerprint density at radius 1 is 0.792 bits per heavy atom. The van der Waals surface area contributed by atoms with E-state index >= 15 is 0 Å². The predicted molar refractivity (Wildman–Crippen MR) is 188 cm³/mol. The molecule has 4 heterocycles. The van der Waals surface area contributed by atoms with E-state index in [1.165, 1.54) is 6.92 Å². The summed E-state index contributed by atoms with van der Waals surface area (Å²) in [5, 5.41) is 36.5. The highest BCUT2D eigenvalue weighted by molar-refractivity contribution is 7.89. The van der Waals surface area contributed by atoms with Gasteiger partial charge in [-0.15, -0.1) is 4.33 Å². The summed E-state index contributed by atoms with van der Waals surface area (Å²) >= 11 is 0.363. The van der Waals surface area contributed by atoms with Crippen LogP contribution in [0.25, 0.3) is 12.2 Å². The van der Waals surface area contributed by atoms with E-state index in [-0.39, 0.29) is 43.6 Å². The molecule has 0 unspecified atom stereocenters. The Balaban J connectivity index is 1.78. The van der Waals surface area contributed by atoms with Crippen LogP contribution in [-0.4, -0.2) is 74.4 Å². The van der Waals surface area contributed by atoms with E-state index in [0.717, 1.165) is 0 Å². The van der Waals surface area contributed by atoms with Gasteiger partial charge in [0, 0.05) is 64.6 Å². The molecule has 0 bridgehead atoms. The van der Waals surface area contributed by atoms with Crippen molar-refractivity contribution in [2.45, 2.75) is 85.9 Å². The molecule has 0 spiro atoms. The van der Waals surface area contributed by atoms with E-state index in [1.54, 1.807) is 39.8 Å². The summed E-state index contributed by atoms with van der Waals surface area (Å²) in [6.07, 6.45) is 1.44. The largest absolute Gasteiger partial charge is 0.481 e. The second-order valence-corrected chi connectivity index (χ2v) is 13.9. The molecule has 2 atom stereocenters. The van der Waals surface area contributed by atoms with Gasteiger partial charge in [-0.2, -0.15) is 8.42 Å². The first-order valence-electron chi connectivity index (χ1n) is 16.1. The molecule has 0 saturated heterocycles. The Labute approximate surface area is 308 Å². The molecule has 0 fully saturated rings. The second kappa shape index (κ2) is 17.1. The van der Waals surface area contributed by atoms with Crippen LogP contribution >= 0.6 is 12.3 Å². The summed E-state index contributed by atoms with van der Waals surface area (Å²) in [4.78, 5) is 55.5. The fraction of sp³-hybridized carbons (Fsp3) is 0.394. The third kappa shape index (κ3) is 9.91. The standard InChI is InChI=1S/C33H40N4O14S2/c1-14-20(7-9-28(38)39)25(34-22(14)11-24-16(3)31(33(43)36-24)19(6)49-53(45,46)47)13-26-21(8-10-29(40)41)15(2)23(35-26)12-27-30(17(4)32(42)37-27)18(5)48-52-51-50-44/h11-12,18-19,34-35,44H,7-10,13H2,1-6H3,(H,36,43)(H,37,42)(H,38,39)(H,40,41)(H,45,46,47)/t18-,19+/m1/s1. The first-order valence-corrected chi connectivity index (χ1v) is 18.1. The number of H-pyrrole nitrogens is 2. The lowest BCUT2D eigenvalue weighted by atomic mass is 9.98. The summed E-state index contributed by atoms with van der Waals surface area (Å²) in [5.41, 5.74) is 7.14. The Morgan fingerprint density at radius 3 is 1.79 bits per heavy atom. The van der Waals surface area contributed by atoms with E-state index in [0.29, 0.717) is 85.5 Å². The lowest BCUT2D eigenvalue weighted by Gasteiger charge is -2.13. The van der Waals surface area contributed by atoms with Gasteiger partial charge in [0.25, 0.3) is 11.8 Å². The minimum absolute atomic E-state index is 0.00476. The summed E-state index contributed by atoms with van der Waals surface area (Å²) in [7, 11) is -4.84. The number of carbonyl (C=O) groups is 4. The van der Waals surface area contributed by atoms with Crippen molar-refractivity contribution in [3.63, 3.8) is 0 Å². The average molecular weight is 781 g/mol. The van der Waals surface area contributed by atoms with Crippen LogP contribution in [0.2, 0.25) is 0 Å². The number of allylic oxidation sites excluding steroid dienone is 1. The number of carboxylic acids is 2. The maximum absolute atomic E-state index is 12.8. The summed E-state index contributed by atoms with van der Waals surface area (Å²) in [6.45, 7) is 9.75. The van der Waals surface area contributed by atoms with Crippen molar-refractivity contribution in [2.75, 3.05) is 0 Å². The van der Waals surface area contributed by atoms with Crippen LogP contribution in [0.1, 0.15) is 85.6 Å². The molecule has 4 rings (SSSR count). The molecule has 18 nitrogen and oxygen atoms in total. The molecule has 8 N–H and O–H groups in total. The third-order valence-electron chi connectivity index (χ3n) is 9.03. The van der Waals surface area contributed by atoms with Crippen LogP contribution in [0, 0.1) is 13.8 Å². The zero-order chi connectivity index (χ0) is 39.4. The molecular formula is C33H40N4O14S2.